The second-order valence-corrected chi connectivity index (χ2v) is 8.08. The van der Waals surface area contributed by atoms with Gasteiger partial charge in [-0.1, -0.05) is 121 Å². The largest absolute Gasteiger partial charge is 0.298 e. The molecule has 5 rings (SSSR count). The van der Waals surface area contributed by atoms with Crippen molar-refractivity contribution in [3.8, 4) is 0 Å². The molecule has 2 nitrogen and oxygen atoms in total. The molecule has 2 heteroatoms. The molecule has 0 saturated carbocycles. The van der Waals surface area contributed by atoms with Crippen LogP contribution in [0.1, 0.15) is 43.0 Å². The molecule has 0 aromatic heterocycles. The van der Waals surface area contributed by atoms with Crippen LogP contribution in [0.4, 0.5) is 0 Å². The minimum absolute atomic E-state index is 0.667. The Hall–Kier alpha value is -4.56. The number of fused-ring (bicyclic) bond motifs is 2. The SMILES string of the molecule is O=Cc1ccccc1/C=C/c1c2ccccc2c(/C=C/c2ccccc2C=O)c2ccccc12. The number of hydrogen-bond donors (Lipinski definition) is 0. The van der Waals surface area contributed by atoms with Crippen molar-refractivity contribution >= 4 is 58.4 Å². The van der Waals surface area contributed by atoms with Crippen molar-refractivity contribution in [1.29, 1.82) is 0 Å². The molecule has 0 saturated heterocycles. The van der Waals surface area contributed by atoms with E-state index in [9.17, 15) is 9.59 Å². The van der Waals surface area contributed by atoms with E-state index < -0.39 is 0 Å². The third-order valence-electron chi connectivity index (χ3n) is 6.12. The molecule has 0 aliphatic carbocycles. The van der Waals surface area contributed by atoms with E-state index >= 15 is 0 Å². The predicted octanol–water partition coefficient (Wildman–Crippen LogP) is 7.96. The fourth-order valence-electron chi connectivity index (χ4n) is 4.44. The van der Waals surface area contributed by atoms with E-state index in [0.29, 0.717) is 11.1 Å². The van der Waals surface area contributed by atoms with Gasteiger partial charge in [0.15, 0.2) is 12.6 Å². The van der Waals surface area contributed by atoms with E-state index in [0.717, 1.165) is 56.4 Å². The van der Waals surface area contributed by atoms with Crippen molar-refractivity contribution in [3.05, 3.63) is 130 Å². The Morgan fingerprint density at radius 1 is 0.353 bits per heavy atom. The fourth-order valence-corrected chi connectivity index (χ4v) is 4.44. The monoisotopic (exact) mass is 438 g/mol. The lowest BCUT2D eigenvalue weighted by Gasteiger charge is -2.13. The third kappa shape index (κ3) is 3.98. The predicted molar refractivity (Wildman–Crippen MR) is 143 cm³/mol. The molecule has 0 bridgehead atoms. The maximum absolute atomic E-state index is 11.5. The number of benzene rings is 5. The summed E-state index contributed by atoms with van der Waals surface area (Å²) in [5, 5.41) is 4.52. The molecule has 0 N–H and O–H groups in total. The zero-order valence-electron chi connectivity index (χ0n) is 18.5. The lowest BCUT2D eigenvalue weighted by Crippen LogP contribution is -1.90. The van der Waals surface area contributed by atoms with Gasteiger partial charge in [0.25, 0.3) is 0 Å². The van der Waals surface area contributed by atoms with E-state index in [1.165, 1.54) is 0 Å². The van der Waals surface area contributed by atoms with E-state index in [4.69, 9.17) is 0 Å². The van der Waals surface area contributed by atoms with Crippen molar-refractivity contribution in [2.45, 2.75) is 0 Å². The van der Waals surface area contributed by atoms with Crippen molar-refractivity contribution in [2.75, 3.05) is 0 Å². The highest BCUT2D eigenvalue weighted by atomic mass is 16.1. The topological polar surface area (TPSA) is 34.1 Å². The molecule has 34 heavy (non-hydrogen) atoms. The molecule has 0 amide bonds. The van der Waals surface area contributed by atoms with Gasteiger partial charge in [-0.15, -0.1) is 0 Å². The van der Waals surface area contributed by atoms with E-state index in [-0.39, 0.29) is 0 Å². The Bertz CT molecular complexity index is 1410. The Kier molecular flexibility index (Phi) is 5.96. The van der Waals surface area contributed by atoms with Crippen molar-refractivity contribution < 1.29 is 9.59 Å². The molecule has 5 aromatic carbocycles. The van der Waals surface area contributed by atoms with Gasteiger partial charge in [0.05, 0.1) is 0 Å². The van der Waals surface area contributed by atoms with Crippen LogP contribution in [0.25, 0.3) is 45.8 Å². The number of rotatable bonds is 6. The van der Waals surface area contributed by atoms with E-state index in [2.05, 4.69) is 36.4 Å². The molecule has 162 valence electrons. The van der Waals surface area contributed by atoms with Gasteiger partial charge in [0.1, 0.15) is 0 Å². The maximum Gasteiger partial charge on any atom is 0.150 e. The first-order chi connectivity index (χ1) is 16.8. The Morgan fingerprint density at radius 3 is 0.971 bits per heavy atom. The summed E-state index contributed by atoms with van der Waals surface area (Å²) in [6.07, 6.45) is 9.99. The highest BCUT2D eigenvalue weighted by Crippen LogP contribution is 2.35. The summed E-state index contributed by atoms with van der Waals surface area (Å²) < 4.78 is 0. The van der Waals surface area contributed by atoms with Gasteiger partial charge < -0.3 is 0 Å². The van der Waals surface area contributed by atoms with E-state index in [1.807, 2.05) is 84.9 Å². The van der Waals surface area contributed by atoms with Crippen LogP contribution in [0.15, 0.2) is 97.1 Å². The van der Waals surface area contributed by atoms with Crippen molar-refractivity contribution in [1.82, 2.24) is 0 Å². The van der Waals surface area contributed by atoms with Gasteiger partial charge in [-0.2, -0.15) is 0 Å². The average molecular weight is 439 g/mol. The molecular weight excluding hydrogens is 416 g/mol. The van der Waals surface area contributed by atoms with Crippen LogP contribution < -0.4 is 0 Å². The Balaban J connectivity index is 1.73. The first-order valence-corrected chi connectivity index (χ1v) is 11.2. The summed E-state index contributed by atoms with van der Waals surface area (Å²) in [5.41, 5.74) is 5.33. The second-order valence-electron chi connectivity index (χ2n) is 8.08. The normalized spacial score (nSPS) is 11.5. The van der Waals surface area contributed by atoms with Gasteiger partial charge in [0, 0.05) is 11.1 Å². The highest BCUT2D eigenvalue weighted by Gasteiger charge is 2.11. The molecule has 0 radical (unpaired) electrons. The van der Waals surface area contributed by atoms with Crippen molar-refractivity contribution in [3.63, 3.8) is 0 Å². The summed E-state index contributed by atoms with van der Waals surface area (Å²) in [7, 11) is 0. The van der Waals surface area contributed by atoms with Crippen LogP contribution in [0.3, 0.4) is 0 Å². The smallest absolute Gasteiger partial charge is 0.150 e. The van der Waals surface area contributed by atoms with Gasteiger partial charge in [-0.05, 0) is 43.8 Å². The van der Waals surface area contributed by atoms with Crippen LogP contribution in [-0.2, 0) is 0 Å². The second kappa shape index (κ2) is 9.51. The average Bonchev–Trinajstić information content (AvgIpc) is 2.90. The first kappa shape index (κ1) is 21.3. The minimum Gasteiger partial charge on any atom is -0.298 e. The summed E-state index contributed by atoms with van der Waals surface area (Å²) in [6, 6.07) is 31.9. The Labute approximate surface area is 198 Å². The van der Waals surface area contributed by atoms with Crippen LogP contribution in [0.2, 0.25) is 0 Å². The van der Waals surface area contributed by atoms with Crippen LogP contribution in [-0.4, -0.2) is 12.6 Å². The first-order valence-electron chi connectivity index (χ1n) is 11.2. The van der Waals surface area contributed by atoms with Crippen LogP contribution in [0, 0.1) is 0 Å². The van der Waals surface area contributed by atoms with E-state index in [1.54, 1.807) is 0 Å². The molecule has 5 aromatic rings. The fraction of sp³-hybridized carbons (Fsp3) is 0. The number of aldehydes is 2. The third-order valence-corrected chi connectivity index (χ3v) is 6.12. The minimum atomic E-state index is 0.667. The molecular formula is C32H22O2. The lowest BCUT2D eigenvalue weighted by atomic mass is 9.90. The van der Waals surface area contributed by atoms with Gasteiger partial charge in [-0.3, -0.25) is 9.59 Å². The quantitative estimate of drug-likeness (QED) is 0.153. The Morgan fingerprint density at radius 2 is 0.647 bits per heavy atom. The summed E-state index contributed by atoms with van der Waals surface area (Å²) in [6.45, 7) is 0. The zero-order chi connectivity index (χ0) is 23.3. The number of hydrogen-bond acceptors (Lipinski definition) is 2. The van der Waals surface area contributed by atoms with Gasteiger partial charge in [0.2, 0.25) is 0 Å². The maximum atomic E-state index is 11.5. The summed E-state index contributed by atoms with van der Waals surface area (Å²) in [5.74, 6) is 0. The van der Waals surface area contributed by atoms with Crippen LogP contribution in [0.5, 0.6) is 0 Å². The summed E-state index contributed by atoms with van der Waals surface area (Å²) in [4.78, 5) is 23.0. The molecule has 0 heterocycles. The zero-order valence-corrected chi connectivity index (χ0v) is 18.5. The lowest BCUT2D eigenvalue weighted by molar-refractivity contribution is 0.111. The molecule has 0 aliphatic heterocycles. The molecule has 0 aliphatic rings. The van der Waals surface area contributed by atoms with Crippen LogP contribution >= 0.6 is 0 Å². The molecule has 0 fully saturated rings. The van der Waals surface area contributed by atoms with Crippen molar-refractivity contribution in [2.24, 2.45) is 0 Å². The van der Waals surface area contributed by atoms with Gasteiger partial charge in [-0.25, -0.2) is 0 Å². The molecule has 0 unspecified atom stereocenters. The van der Waals surface area contributed by atoms with Gasteiger partial charge >= 0.3 is 0 Å². The molecule has 0 spiro atoms. The highest BCUT2D eigenvalue weighted by molar-refractivity contribution is 6.14. The molecule has 0 atom stereocenters. The summed E-state index contributed by atoms with van der Waals surface area (Å²) >= 11 is 0. The number of carbonyl (C=O) groups is 2. The number of carbonyl (C=O) groups excluding carboxylic acids is 2. The standard InChI is InChI=1S/C32H22O2/c33-21-25-11-3-1-9-23(25)17-19-31-27-13-5-7-15-29(27)32(30-16-8-6-14-28(30)31)20-18-24-10-2-4-12-26(24)22-34/h1-22H/b19-17+,20-18+.